The van der Waals surface area contributed by atoms with Crippen molar-refractivity contribution in [3.05, 3.63) is 90.0 Å². The second kappa shape index (κ2) is 8.45. The fourth-order valence-corrected chi connectivity index (χ4v) is 3.83. The van der Waals surface area contributed by atoms with E-state index in [0.29, 0.717) is 22.3 Å². The fraction of sp³-hybridized carbons (Fsp3) is 0.0909. The molecule has 0 saturated heterocycles. The number of aromatic nitrogens is 3. The summed E-state index contributed by atoms with van der Waals surface area (Å²) in [6.07, 6.45) is 0. The SMILES string of the molecule is COc1ccc(CSc2nnc(-c3cccc(F)c3)n2-c2ccccc2)cc1F. The van der Waals surface area contributed by atoms with Gasteiger partial charge >= 0.3 is 0 Å². The molecule has 4 nitrogen and oxygen atoms in total. The summed E-state index contributed by atoms with van der Waals surface area (Å²) in [5, 5.41) is 9.23. The summed E-state index contributed by atoms with van der Waals surface area (Å²) in [6.45, 7) is 0. The van der Waals surface area contributed by atoms with Crippen molar-refractivity contribution < 1.29 is 13.5 Å². The van der Waals surface area contributed by atoms with Crippen molar-refractivity contribution in [1.82, 2.24) is 14.8 Å². The molecule has 0 aliphatic carbocycles. The minimum Gasteiger partial charge on any atom is -0.494 e. The quantitative estimate of drug-likeness (QED) is 0.394. The number of para-hydroxylation sites is 1. The summed E-state index contributed by atoms with van der Waals surface area (Å²) < 4.78 is 34.6. The minimum atomic E-state index is -0.407. The summed E-state index contributed by atoms with van der Waals surface area (Å²) in [5.41, 5.74) is 2.28. The van der Waals surface area contributed by atoms with Gasteiger partial charge in [-0.25, -0.2) is 8.78 Å². The number of nitrogens with zero attached hydrogens (tertiary/aromatic N) is 3. The van der Waals surface area contributed by atoms with Crippen LogP contribution in [0.1, 0.15) is 5.56 Å². The number of hydrogen-bond acceptors (Lipinski definition) is 4. The Morgan fingerprint density at radius 2 is 1.76 bits per heavy atom. The Labute approximate surface area is 171 Å². The van der Waals surface area contributed by atoms with Gasteiger partial charge in [0.25, 0.3) is 0 Å². The third-order valence-corrected chi connectivity index (χ3v) is 5.31. The molecule has 0 unspecified atom stereocenters. The molecule has 0 atom stereocenters. The third-order valence-electron chi connectivity index (χ3n) is 4.31. The molecule has 3 aromatic carbocycles. The van der Waals surface area contributed by atoms with Crippen LogP contribution in [0.4, 0.5) is 8.78 Å². The number of thioether (sulfide) groups is 1. The van der Waals surface area contributed by atoms with Gasteiger partial charge in [-0.1, -0.05) is 48.2 Å². The monoisotopic (exact) mass is 409 g/mol. The minimum absolute atomic E-state index is 0.208. The molecule has 0 amide bonds. The Balaban J connectivity index is 1.69. The van der Waals surface area contributed by atoms with Gasteiger partial charge < -0.3 is 4.74 Å². The van der Waals surface area contributed by atoms with Crippen molar-refractivity contribution >= 4 is 11.8 Å². The molecule has 0 aliphatic rings. The number of ether oxygens (including phenoxy) is 1. The molecule has 4 rings (SSSR count). The van der Waals surface area contributed by atoms with Gasteiger partial charge in [0.05, 0.1) is 7.11 Å². The molecule has 146 valence electrons. The predicted molar refractivity (Wildman–Crippen MR) is 109 cm³/mol. The summed E-state index contributed by atoms with van der Waals surface area (Å²) >= 11 is 1.42. The molecule has 0 spiro atoms. The highest BCUT2D eigenvalue weighted by Gasteiger charge is 2.17. The molecular formula is C22H17F2N3OS. The van der Waals surface area contributed by atoms with Gasteiger partial charge in [0.2, 0.25) is 0 Å². The van der Waals surface area contributed by atoms with Gasteiger partial charge in [0.1, 0.15) is 5.82 Å². The molecule has 4 aromatic rings. The van der Waals surface area contributed by atoms with E-state index in [1.54, 1.807) is 18.2 Å². The van der Waals surface area contributed by atoms with Gasteiger partial charge in [0.15, 0.2) is 22.5 Å². The van der Waals surface area contributed by atoms with E-state index in [1.807, 2.05) is 41.0 Å². The Morgan fingerprint density at radius 3 is 2.48 bits per heavy atom. The molecule has 7 heteroatoms. The van der Waals surface area contributed by atoms with Crippen molar-refractivity contribution in [2.45, 2.75) is 10.9 Å². The number of rotatable bonds is 6. The Kier molecular flexibility index (Phi) is 5.57. The lowest BCUT2D eigenvalue weighted by molar-refractivity contribution is 0.386. The summed E-state index contributed by atoms with van der Waals surface area (Å²) in [7, 11) is 1.43. The van der Waals surface area contributed by atoms with E-state index >= 15 is 0 Å². The summed E-state index contributed by atoms with van der Waals surface area (Å²) in [6, 6.07) is 20.7. The van der Waals surface area contributed by atoms with E-state index in [9.17, 15) is 8.78 Å². The number of methoxy groups -OCH3 is 1. The van der Waals surface area contributed by atoms with Crippen molar-refractivity contribution in [2.75, 3.05) is 7.11 Å². The van der Waals surface area contributed by atoms with Crippen LogP contribution in [0.3, 0.4) is 0 Å². The lowest BCUT2D eigenvalue weighted by Gasteiger charge is -2.11. The van der Waals surface area contributed by atoms with E-state index in [2.05, 4.69) is 10.2 Å². The van der Waals surface area contributed by atoms with Crippen molar-refractivity contribution in [3.63, 3.8) is 0 Å². The zero-order chi connectivity index (χ0) is 20.2. The van der Waals surface area contributed by atoms with Crippen LogP contribution in [0.25, 0.3) is 17.1 Å². The van der Waals surface area contributed by atoms with Crippen molar-refractivity contribution in [2.24, 2.45) is 0 Å². The van der Waals surface area contributed by atoms with E-state index < -0.39 is 5.82 Å². The average molecular weight is 409 g/mol. The van der Waals surface area contributed by atoms with E-state index in [4.69, 9.17) is 4.74 Å². The average Bonchev–Trinajstić information content (AvgIpc) is 3.17. The first-order valence-corrected chi connectivity index (χ1v) is 9.86. The number of benzene rings is 3. The topological polar surface area (TPSA) is 39.9 Å². The van der Waals surface area contributed by atoms with Gasteiger partial charge in [-0.05, 0) is 42.0 Å². The van der Waals surface area contributed by atoms with E-state index in [-0.39, 0.29) is 11.6 Å². The Bertz CT molecular complexity index is 1130. The van der Waals surface area contributed by atoms with Gasteiger partial charge in [0, 0.05) is 17.0 Å². The summed E-state index contributed by atoms with van der Waals surface area (Å²) in [4.78, 5) is 0. The van der Waals surface area contributed by atoms with Crippen LogP contribution >= 0.6 is 11.8 Å². The van der Waals surface area contributed by atoms with Gasteiger partial charge in [-0.3, -0.25) is 4.57 Å². The van der Waals surface area contributed by atoms with E-state index in [0.717, 1.165) is 11.3 Å². The van der Waals surface area contributed by atoms with Crippen molar-refractivity contribution in [3.8, 4) is 22.8 Å². The van der Waals surface area contributed by atoms with Crippen LogP contribution < -0.4 is 4.74 Å². The molecule has 0 aliphatic heterocycles. The highest BCUT2D eigenvalue weighted by atomic mass is 32.2. The third kappa shape index (κ3) is 4.14. The molecule has 1 aromatic heterocycles. The summed E-state index contributed by atoms with van der Waals surface area (Å²) in [5.74, 6) is 0.497. The first kappa shape index (κ1) is 19.1. The van der Waals surface area contributed by atoms with E-state index in [1.165, 1.54) is 37.1 Å². The van der Waals surface area contributed by atoms with Crippen LogP contribution in [0, 0.1) is 11.6 Å². The molecule has 0 bridgehead atoms. The lowest BCUT2D eigenvalue weighted by atomic mass is 10.2. The van der Waals surface area contributed by atoms with Crippen LogP contribution in [0.15, 0.2) is 78.0 Å². The Hall–Kier alpha value is -3.19. The number of halogens is 2. The van der Waals surface area contributed by atoms with Crippen LogP contribution in [0.2, 0.25) is 0 Å². The normalized spacial score (nSPS) is 10.9. The maximum Gasteiger partial charge on any atom is 0.196 e. The molecule has 0 fully saturated rings. The second-order valence-corrected chi connectivity index (χ2v) is 7.19. The molecule has 0 N–H and O–H groups in total. The predicted octanol–water partition coefficient (Wildman–Crippen LogP) is 5.51. The largest absolute Gasteiger partial charge is 0.494 e. The van der Waals surface area contributed by atoms with Crippen LogP contribution in [-0.4, -0.2) is 21.9 Å². The lowest BCUT2D eigenvalue weighted by Crippen LogP contribution is -2.00. The Morgan fingerprint density at radius 1 is 0.931 bits per heavy atom. The second-order valence-electron chi connectivity index (χ2n) is 6.25. The van der Waals surface area contributed by atoms with Crippen molar-refractivity contribution in [1.29, 1.82) is 0 Å². The zero-order valence-corrected chi connectivity index (χ0v) is 16.4. The highest BCUT2D eigenvalue weighted by Crippen LogP contribution is 2.30. The molecule has 29 heavy (non-hydrogen) atoms. The highest BCUT2D eigenvalue weighted by molar-refractivity contribution is 7.98. The maximum absolute atomic E-state index is 14.0. The van der Waals surface area contributed by atoms with Gasteiger partial charge in [-0.15, -0.1) is 10.2 Å². The standard InChI is InChI=1S/C22H17F2N3OS/c1-28-20-11-10-15(12-19(20)24)14-29-22-26-25-21(16-6-5-7-17(23)13-16)27(22)18-8-3-2-4-9-18/h2-13H,14H2,1H3. The molecule has 0 radical (unpaired) electrons. The number of hydrogen-bond donors (Lipinski definition) is 0. The van der Waals surface area contributed by atoms with Crippen LogP contribution in [-0.2, 0) is 5.75 Å². The fourth-order valence-electron chi connectivity index (χ4n) is 2.94. The maximum atomic E-state index is 14.0. The first-order valence-electron chi connectivity index (χ1n) is 8.87. The molecule has 1 heterocycles. The first-order chi connectivity index (χ1) is 14.2. The zero-order valence-electron chi connectivity index (χ0n) is 15.5. The molecule has 0 saturated carbocycles. The van der Waals surface area contributed by atoms with Crippen LogP contribution in [0.5, 0.6) is 5.75 Å². The molecular weight excluding hydrogens is 392 g/mol. The smallest absolute Gasteiger partial charge is 0.196 e. The van der Waals surface area contributed by atoms with Gasteiger partial charge in [-0.2, -0.15) is 0 Å².